The van der Waals surface area contributed by atoms with E-state index in [2.05, 4.69) is 5.32 Å². The highest BCUT2D eigenvalue weighted by atomic mass is 16.2. The summed E-state index contributed by atoms with van der Waals surface area (Å²) in [6.07, 6.45) is 0.284. The number of hydrogen-bond donors (Lipinski definition) is 1. The standard InChI is InChI=1S/C23H30N2O2/c1-17-11-9-10-14-20(17)15-21(26)25(16-19-12-7-6-8-13-19)18(2)22(27)24-23(3,4)5/h6-14,18H,15-16H2,1-5H3,(H,24,27)/t18-/m0/s1. The number of hydrogen-bond acceptors (Lipinski definition) is 2. The van der Waals surface area contributed by atoms with Crippen molar-refractivity contribution >= 4 is 11.8 Å². The van der Waals surface area contributed by atoms with Gasteiger partial charge in [0.1, 0.15) is 6.04 Å². The van der Waals surface area contributed by atoms with Crippen molar-refractivity contribution < 1.29 is 9.59 Å². The Morgan fingerprint density at radius 3 is 2.19 bits per heavy atom. The molecule has 1 atom stereocenters. The molecule has 0 bridgehead atoms. The average Bonchev–Trinajstić information content (AvgIpc) is 2.60. The van der Waals surface area contributed by atoms with Gasteiger partial charge >= 0.3 is 0 Å². The molecule has 2 aromatic carbocycles. The lowest BCUT2D eigenvalue weighted by atomic mass is 10.0. The van der Waals surface area contributed by atoms with E-state index in [0.29, 0.717) is 6.54 Å². The topological polar surface area (TPSA) is 49.4 Å². The Bertz CT molecular complexity index is 778. The van der Waals surface area contributed by atoms with Crippen LogP contribution in [0, 0.1) is 6.92 Å². The number of amides is 2. The Morgan fingerprint density at radius 1 is 1.00 bits per heavy atom. The van der Waals surface area contributed by atoms with Gasteiger partial charge in [-0.25, -0.2) is 0 Å². The van der Waals surface area contributed by atoms with E-state index in [9.17, 15) is 9.59 Å². The highest BCUT2D eigenvalue weighted by molar-refractivity contribution is 5.88. The summed E-state index contributed by atoms with van der Waals surface area (Å²) in [4.78, 5) is 27.5. The Morgan fingerprint density at radius 2 is 1.59 bits per heavy atom. The fraction of sp³-hybridized carbons (Fsp3) is 0.391. The van der Waals surface area contributed by atoms with E-state index in [1.807, 2.05) is 82.3 Å². The normalized spacial score (nSPS) is 12.3. The van der Waals surface area contributed by atoms with Gasteiger partial charge < -0.3 is 10.2 Å². The third kappa shape index (κ3) is 6.24. The largest absolute Gasteiger partial charge is 0.350 e. The number of rotatable bonds is 6. The lowest BCUT2D eigenvalue weighted by Crippen LogP contribution is -2.52. The van der Waals surface area contributed by atoms with E-state index in [4.69, 9.17) is 0 Å². The van der Waals surface area contributed by atoms with E-state index < -0.39 is 6.04 Å². The summed E-state index contributed by atoms with van der Waals surface area (Å²) in [5.41, 5.74) is 2.73. The van der Waals surface area contributed by atoms with Gasteiger partial charge in [0.25, 0.3) is 0 Å². The van der Waals surface area contributed by atoms with Crippen LogP contribution in [0.15, 0.2) is 54.6 Å². The molecule has 4 nitrogen and oxygen atoms in total. The number of carbonyl (C=O) groups excluding carboxylic acids is 2. The molecule has 4 heteroatoms. The lowest BCUT2D eigenvalue weighted by molar-refractivity contribution is -0.140. The van der Waals surface area contributed by atoms with Crippen LogP contribution in [-0.4, -0.2) is 28.3 Å². The average molecular weight is 367 g/mol. The van der Waals surface area contributed by atoms with Crippen molar-refractivity contribution in [2.75, 3.05) is 0 Å². The Hall–Kier alpha value is -2.62. The zero-order valence-corrected chi connectivity index (χ0v) is 17.0. The predicted molar refractivity (Wildman–Crippen MR) is 109 cm³/mol. The van der Waals surface area contributed by atoms with E-state index in [-0.39, 0.29) is 23.8 Å². The molecule has 0 aliphatic rings. The lowest BCUT2D eigenvalue weighted by Gasteiger charge is -2.31. The van der Waals surface area contributed by atoms with Crippen molar-refractivity contribution in [3.05, 3.63) is 71.3 Å². The Balaban J connectivity index is 2.24. The van der Waals surface area contributed by atoms with Crippen LogP contribution in [0.1, 0.15) is 44.4 Å². The highest BCUT2D eigenvalue weighted by Crippen LogP contribution is 2.15. The van der Waals surface area contributed by atoms with Crippen molar-refractivity contribution in [3.63, 3.8) is 0 Å². The molecule has 2 aromatic rings. The predicted octanol–water partition coefficient (Wildman–Crippen LogP) is 3.87. The third-order valence-electron chi connectivity index (χ3n) is 4.46. The maximum absolute atomic E-state index is 13.1. The van der Waals surface area contributed by atoms with Crippen molar-refractivity contribution in [2.24, 2.45) is 0 Å². The Kier molecular flexibility index (Phi) is 6.78. The zero-order valence-electron chi connectivity index (χ0n) is 17.0. The van der Waals surface area contributed by atoms with E-state index in [1.165, 1.54) is 0 Å². The molecule has 0 aliphatic heterocycles. The van der Waals surface area contributed by atoms with Gasteiger partial charge in [0.2, 0.25) is 11.8 Å². The number of nitrogens with zero attached hydrogens (tertiary/aromatic N) is 1. The number of carbonyl (C=O) groups is 2. The van der Waals surface area contributed by atoms with Crippen LogP contribution in [0.25, 0.3) is 0 Å². The first-order valence-electron chi connectivity index (χ1n) is 9.37. The van der Waals surface area contributed by atoms with Crippen LogP contribution < -0.4 is 5.32 Å². The summed E-state index contributed by atoms with van der Waals surface area (Å²) in [7, 11) is 0. The molecule has 0 radical (unpaired) electrons. The molecule has 1 N–H and O–H groups in total. The monoisotopic (exact) mass is 366 g/mol. The summed E-state index contributed by atoms with van der Waals surface area (Å²) in [6.45, 7) is 10.0. The van der Waals surface area contributed by atoms with Crippen molar-refractivity contribution in [1.29, 1.82) is 0 Å². The first-order valence-corrected chi connectivity index (χ1v) is 9.37. The van der Waals surface area contributed by atoms with Gasteiger partial charge in [-0.15, -0.1) is 0 Å². The van der Waals surface area contributed by atoms with Crippen molar-refractivity contribution in [3.8, 4) is 0 Å². The van der Waals surface area contributed by atoms with E-state index in [1.54, 1.807) is 11.8 Å². The van der Waals surface area contributed by atoms with Gasteiger partial charge in [-0.05, 0) is 51.3 Å². The fourth-order valence-electron chi connectivity index (χ4n) is 2.91. The van der Waals surface area contributed by atoms with Crippen LogP contribution in [0.5, 0.6) is 0 Å². The highest BCUT2D eigenvalue weighted by Gasteiger charge is 2.28. The number of nitrogens with one attached hydrogen (secondary N) is 1. The molecule has 2 amide bonds. The van der Waals surface area contributed by atoms with Crippen LogP contribution in [-0.2, 0) is 22.6 Å². The molecular weight excluding hydrogens is 336 g/mol. The van der Waals surface area contributed by atoms with Gasteiger partial charge in [0.05, 0.1) is 6.42 Å². The van der Waals surface area contributed by atoms with E-state index >= 15 is 0 Å². The minimum absolute atomic E-state index is 0.0512. The maximum atomic E-state index is 13.1. The number of benzene rings is 2. The molecule has 0 saturated carbocycles. The van der Waals surface area contributed by atoms with Crippen LogP contribution in [0.4, 0.5) is 0 Å². The van der Waals surface area contributed by atoms with Gasteiger partial charge in [0, 0.05) is 12.1 Å². The zero-order chi connectivity index (χ0) is 20.0. The molecule has 0 fully saturated rings. The number of aryl methyl sites for hydroxylation is 1. The second kappa shape index (κ2) is 8.85. The summed E-state index contributed by atoms with van der Waals surface area (Å²) >= 11 is 0. The minimum atomic E-state index is -0.555. The summed E-state index contributed by atoms with van der Waals surface area (Å²) in [5.74, 6) is -0.193. The van der Waals surface area contributed by atoms with Crippen LogP contribution >= 0.6 is 0 Å². The van der Waals surface area contributed by atoms with Crippen LogP contribution in [0.2, 0.25) is 0 Å². The van der Waals surface area contributed by atoms with Crippen LogP contribution in [0.3, 0.4) is 0 Å². The van der Waals surface area contributed by atoms with Crippen molar-refractivity contribution in [2.45, 2.75) is 59.2 Å². The smallest absolute Gasteiger partial charge is 0.242 e. The first kappa shape index (κ1) is 20.7. The third-order valence-corrected chi connectivity index (χ3v) is 4.46. The SMILES string of the molecule is Cc1ccccc1CC(=O)N(Cc1ccccc1)[C@@H](C)C(=O)NC(C)(C)C. The second-order valence-electron chi connectivity index (χ2n) is 8.03. The van der Waals surface area contributed by atoms with Gasteiger partial charge in [0.15, 0.2) is 0 Å². The van der Waals surface area contributed by atoms with Gasteiger partial charge in [-0.1, -0.05) is 54.6 Å². The van der Waals surface area contributed by atoms with Gasteiger partial charge in [-0.3, -0.25) is 9.59 Å². The molecule has 0 saturated heterocycles. The molecule has 2 rings (SSSR count). The maximum Gasteiger partial charge on any atom is 0.242 e. The second-order valence-corrected chi connectivity index (χ2v) is 8.03. The molecule has 144 valence electrons. The quantitative estimate of drug-likeness (QED) is 0.844. The molecule has 0 spiro atoms. The summed E-state index contributed by atoms with van der Waals surface area (Å²) in [6, 6.07) is 17.1. The fourth-order valence-corrected chi connectivity index (χ4v) is 2.91. The summed E-state index contributed by atoms with van der Waals surface area (Å²) in [5, 5.41) is 2.98. The van der Waals surface area contributed by atoms with Gasteiger partial charge in [-0.2, -0.15) is 0 Å². The molecule has 0 aliphatic carbocycles. The Labute approximate surface area is 162 Å². The molecule has 0 heterocycles. The van der Waals surface area contributed by atoms with Crippen molar-refractivity contribution in [1.82, 2.24) is 10.2 Å². The van der Waals surface area contributed by atoms with E-state index in [0.717, 1.165) is 16.7 Å². The molecular formula is C23H30N2O2. The molecule has 0 aromatic heterocycles. The molecule has 27 heavy (non-hydrogen) atoms. The minimum Gasteiger partial charge on any atom is -0.350 e. The molecule has 0 unspecified atom stereocenters. The first-order chi connectivity index (χ1) is 12.7. The summed E-state index contributed by atoms with van der Waals surface area (Å²) < 4.78 is 0.